The smallest absolute Gasteiger partial charge is 0.269 e. The van der Waals surface area contributed by atoms with Crippen LogP contribution in [0.25, 0.3) is 16.9 Å². The van der Waals surface area contributed by atoms with E-state index in [-0.39, 0.29) is 11.3 Å². The summed E-state index contributed by atoms with van der Waals surface area (Å²) in [5.74, 6) is -1.15. The lowest BCUT2D eigenvalue weighted by Crippen LogP contribution is -2.15. The van der Waals surface area contributed by atoms with Crippen LogP contribution in [0.1, 0.15) is 21.6 Å². The molecular formula is C15H10FN5O. The van der Waals surface area contributed by atoms with E-state index >= 15 is 0 Å². The highest BCUT2D eigenvalue weighted by atomic mass is 19.1. The Morgan fingerprint density at radius 1 is 1.41 bits per heavy atom. The quantitative estimate of drug-likeness (QED) is 0.779. The Bertz CT molecular complexity index is 954. The minimum absolute atomic E-state index is 0.120. The van der Waals surface area contributed by atoms with Gasteiger partial charge in [-0.25, -0.2) is 13.9 Å². The Balaban J connectivity index is 2.33. The van der Waals surface area contributed by atoms with Crippen molar-refractivity contribution in [3.05, 3.63) is 53.1 Å². The van der Waals surface area contributed by atoms with E-state index in [0.717, 1.165) is 5.56 Å². The van der Waals surface area contributed by atoms with E-state index in [1.54, 1.807) is 13.0 Å². The second kappa shape index (κ2) is 4.93. The minimum Gasteiger partial charge on any atom is -0.364 e. The maximum absolute atomic E-state index is 13.5. The molecule has 2 N–H and O–H groups in total. The molecule has 0 saturated heterocycles. The van der Waals surface area contributed by atoms with Gasteiger partial charge in [-0.1, -0.05) is 0 Å². The molecule has 0 unspecified atom stereocenters. The molecule has 0 spiro atoms. The highest BCUT2D eigenvalue weighted by molar-refractivity contribution is 5.91. The summed E-state index contributed by atoms with van der Waals surface area (Å²) in [6, 6.07) is 7.50. The molecule has 0 atom stereocenters. The summed E-state index contributed by atoms with van der Waals surface area (Å²) in [6.45, 7) is 1.78. The fourth-order valence-electron chi connectivity index (χ4n) is 2.25. The fraction of sp³-hybridized carbons (Fsp3) is 0.0667. The van der Waals surface area contributed by atoms with Gasteiger partial charge < -0.3 is 5.73 Å². The number of fused-ring (bicyclic) bond motifs is 1. The predicted molar refractivity (Wildman–Crippen MR) is 76.4 cm³/mol. The molecule has 0 bridgehead atoms. The van der Waals surface area contributed by atoms with Gasteiger partial charge in [0.05, 0.1) is 23.5 Å². The maximum Gasteiger partial charge on any atom is 0.269 e. The first kappa shape index (κ1) is 13.7. The summed E-state index contributed by atoms with van der Waals surface area (Å²) in [5.41, 5.74) is 7.61. The van der Waals surface area contributed by atoms with Crippen LogP contribution >= 0.6 is 0 Å². The first-order valence-corrected chi connectivity index (χ1v) is 6.36. The van der Waals surface area contributed by atoms with E-state index in [1.807, 2.05) is 6.07 Å². The number of benzene rings is 1. The molecule has 3 aromatic rings. The Hall–Kier alpha value is -3.27. The van der Waals surface area contributed by atoms with Crippen molar-refractivity contribution < 1.29 is 9.18 Å². The van der Waals surface area contributed by atoms with Gasteiger partial charge in [-0.3, -0.25) is 4.79 Å². The highest BCUT2D eigenvalue weighted by Gasteiger charge is 2.15. The monoisotopic (exact) mass is 295 g/mol. The zero-order valence-corrected chi connectivity index (χ0v) is 11.5. The highest BCUT2D eigenvalue weighted by Crippen LogP contribution is 2.24. The van der Waals surface area contributed by atoms with Gasteiger partial charge in [-0.15, -0.1) is 0 Å². The second-order valence-electron chi connectivity index (χ2n) is 4.76. The number of hydrogen-bond donors (Lipinski definition) is 1. The molecule has 22 heavy (non-hydrogen) atoms. The number of halogens is 1. The normalized spacial score (nSPS) is 10.6. The summed E-state index contributed by atoms with van der Waals surface area (Å²) >= 11 is 0. The summed E-state index contributed by atoms with van der Waals surface area (Å²) in [4.78, 5) is 15.5. The van der Waals surface area contributed by atoms with Crippen LogP contribution in [-0.2, 0) is 0 Å². The standard InChI is InChI=1S/C15H10FN5O/c1-8-4-12(11-5-10(16)3-2-9(11)6-17)20-21-13(14(18)22)7-19-15(8)21/h2-5,7H,1H3,(H2,18,22). The van der Waals surface area contributed by atoms with Crippen LogP contribution in [0.15, 0.2) is 30.5 Å². The summed E-state index contributed by atoms with van der Waals surface area (Å²) in [6.07, 6.45) is 1.33. The van der Waals surface area contributed by atoms with E-state index in [4.69, 9.17) is 11.0 Å². The number of carbonyl (C=O) groups is 1. The van der Waals surface area contributed by atoms with Crippen LogP contribution in [0, 0.1) is 24.1 Å². The number of nitriles is 1. The number of aryl methyl sites for hydroxylation is 1. The van der Waals surface area contributed by atoms with E-state index in [2.05, 4.69) is 10.1 Å². The second-order valence-corrected chi connectivity index (χ2v) is 4.76. The summed E-state index contributed by atoms with van der Waals surface area (Å²) in [7, 11) is 0. The molecule has 0 radical (unpaired) electrons. The molecule has 108 valence electrons. The number of imidazole rings is 1. The van der Waals surface area contributed by atoms with Crippen LogP contribution in [0.3, 0.4) is 0 Å². The van der Waals surface area contributed by atoms with Gasteiger partial charge in [0.25, 0.3) is 5.91 Å². The SMILES string of the molecule is Cc1cc(-c2cc(F)ccc2C#N)nn2c(C(N)=O)cnc12. The lowest BCUT2D eigenvalue weighted by atomic mass is 10.0. The predicted octanol–water partition coefficient (Wildman–Crippen LogP) is 1.81. The average molecular weight is 295 g/mol. The number of nitrogens with zero attached hydrogens (tertiary/aromatic N) is 4. The van der Waals surface area contributed by atoms with Crippen molar-refractivity contribution in [1.82, 2.24) is 14.6 Å². The molecule has 2 heterocycles. The maximum atomic E-state index is 13.5. The van der Waals surface area contributed by atoms with Crippen molar-refractivity contribution in [2.45, 2.75) is 6.92 Å². The molecule has 0 saturated carbocycles. The first-order valence-electron chi connectivity index (χ1n) is 6.36. The molecule has 0 aliphatic heterocycles. The van der Waals surface area contributed by atoms with Crippen LogP contribution in [-0.4, -0.2) is 20.5 Å². The number of aromatic nitrogens is 3. The molecule has 0 aliphatic carbocycles. The van der Waals surface area contributed by atoms with Crippen LogP contribution < -0.4 is 5.73 Å². The van der Waals surface area contributed by atoms with E-state index in [0.29, 0.717) is 16.9 Å². The zero-order chi connectivity index (χ0) is 15.9. The molecule has 3 rings (SSSR count). The number of hydrogen-bond acceptors (Lipinski definition) is 4. The molecule has 7 heteroatoms. The Labute approximate surface area is 124 Å². The minimum atomic E-state index is -0.670. The number of nitrogens with two attached hydrogens (primary N) is 1. The van der Waals surface area contributed by atoms with Gasteiger partial charge in [0.15, 0.2) is 5.65 Å². The Morgan fingerprint density at radius 2 is 2.18 bits per heavy atom. The van der Waals surface area contributed by atoms with Gasteiger partial charge >= 0.3 is 0 Å². The average Bonchev–Trinajstić information content (AvgIpc) is 2.91. The molecule has 1 aromatic carbocycles. The number of rotatable bonds is 2. The first-order chi connectivity index (χ1) is 10.5. The third-order valence-corrected chi connectivity index (χ3v) is 3.28. The van der Waals surface area contributed by atoms with E-state index in [9.17, 15) is 9.18 Å². The largest absolute Gasteiger partial charge is 0.364 e. The van der Waals surface area contributed by atoms with Crippen LogP contribution in [0.2, 0.25) is 0 Å². The molecule has 1 amide bonds. The fourth-order valence-corrected chi connectivity index (χ4v) is 2.25. The van der Waals surface area contributed by atoms with Gasteiger partial charge in [-0.05, 0) is 36.8 Å². The van der Waals surface area contributed by atoms with Crippen molar-refractivity contribution in [3.63, 3.8) is 0 Å². The van der Waals surface area contributed by atoms with Crippen molar-refractivity contribution in [1.29, 1.82) is 5.26 Å². The lowest BCUT2D eigenvalue weighted by molar-refractivity contribution is 0.0993. The van der Waals surface area contributed by atoms with Crippen LogP contribution in [0.5, 0.6) is 0 Å². The topological polar surface area (TPSA) is 97.1 Å². The number of amides is 1. The van der Waals surface area contributed by atoms with Gasteiger partial charge in [0, 0.05) is 5.56 Å². The van der Waals surface area contributed by atoms with Crippen molar-refractivity contribution >= 4 is 11.6 Å². The van der Waals surface area contributed by atoms with Crippen LogP contribution in [0.4, 0.5) is 4.39 Å². The lowest BCUT2D eigenvalue weighted by Gasteiger charge is -2.07. The van der Waals surface area contributed by atoms with Crippen molar-refractivity contribution in [2.24, 2.45) is 5.73 Å². The van der Waals surface area contributed by atoms with E-state index in [1.165, 1.54) is 28.9 Å². The Morgan fingerprint density at radius 3 is 2.86 bits per heavy atom. The molecule has 0 fully saturated rings. The van der Waals surface area contributed by atoms with Gasteiger partial charge in [0.2, 0.25) is 0 Å². The third kappa shape index (κ3) is 2.07. The summed E-state index contributed by atoms with van der Waals surface area (Å²) < 4.78 is 14.8. The molecule has 6 nitrogen and oxygen atoms in total. The Kier molecular flexibility index (Phi) is 3.07. The van der Waals surface area contributed by atoms with Gasteiger partial charge in [-0.2, -0.15) is 10.4 Å². The number of primary amides is 1. The number of carbonyl (C=O) groups excluding carboxylic acids is 1. The summed E-state index contributed by atoms with van der Waals surface area (Å²) in [5, 5.41) is 13.4. The molecule has 2 aromatic heterocycles. The van der Waals surface area contributed by atoms with Crippen molar-refractivity contribution in [2.75, 3.05) is 0 Å². The molecular weight excluding hydrogens is 285 g/mol. The van der Waals surface area contributed by atoms with Gasteiger partial charge in [0.1, 0.15) is 11.5 Å². The molecule has 0 aliphatic rings. The zero-order valence-electron chi connectivity index (χ0n) is 11.5. The third-order valence-electron chi connectivity index (χ3n) is 3.28. The van der Waals surface area contributed by atoms with Crippen molar-refractivity contribution in [3.8, 4) is 17.3 Å². The van der Waals surface area contributed by atoms with E-state index < -0.39 is 11.7 Å².